The molecule has 0 saturated heterocycles. The van der Waals surface area contributed by atoms with Gasteiger partial charge in [-0.15, -0.1) is 0 Å². The summed E-state index contributed by atoms with van der Waals surface area (Å²) in [5.74, 6) is -1.06. The monoisotopic (exact) mass is 238 g/mol. The maximum atomic E-state index is 13.1. The standard InChI is InChI=1S/C8H6F4N2S/c9-5-3-4(8(10,11)12)1-2-6(5)14-7(13)15/h1-3H,(H3,13,14,15). The molecule has 0 aliphatic carbocycles. The van der Waals surface area contributed by atoms with Crippen LogP contribution in [-0.4, -0.2) is 5.11 Å². The van der Waals surface area contributed by atoms with E-state index in [0.29, 0.717) is 6.07 Å². The van der Waals surface area contributed by atoms with Gasteiger partial charge in [-0.05, 0) is 30.4 Å². The largest absolute Gasteiger partial charge is 0.416 e. The average Bonchev–Trinajstić information content (AvgIpc) is 2.05. The second-order valence-electron chi connectivity index (χ2n) is 2.68. The normalized spacial score (nSPS) is 11.2. The van der Waals surface area contributed by atoms with Crippen LogP contribution in [0.2, 0.25) is 0 Å². The Hall–Kier alpha value is -1.37. The smallest absolute Gasteiger partial charge is 0.376 e. The molecular weight excluding hydrogens is 232 g/mol. The van der Waals surface area contributed by atoms with E-state index in [0.717, 1.165) is 12.1 Å². The van der Waals surface area contributed by atoms with Crippen LogP contribution in [0.3, 0.4) is 0 Å². The first-order chi connectivity index (χ1) is 6.80. The maximum absolute atomic E-state index is 13.1. The van der Waals surface area contributed by atoms with Crippen molar-refractivity contribution in [1.82, 2.24) is 0 Å². The summed E-state index contributed by atoms with van der Waals surface area (Å²) in [6.07, 6.45) is -4.57. The van der Waals surface area contributed by atoms with Gasteiger partial charge in [-0.2, -0.15) is 13.2 Å². The van der Waals surface area contributed by atoms with Gasteiger partial charge in [0.05, 0.1) is 11.3 Å². The van der Waals surface area contributed by atoms with Crippen molar-refractivity contribution in [3.05, 3.63) is 29.6 Å². The first-order valence-corrected chi connectivity index (χ1v) is 4.15. The van der Waals surface area contributed by atoms with E-state index in [2.05, 4.69) is 17.5 Å². The average molecular weight is 238 g/mol. The lowest BCUT2D eigenvalue weighted by Crippen LogP contribution is -2.20. The van der Waals surface area contributed by atoms with Crippen molar-refractivity contribution in [3.8, 4) is 0 Å². The molecule has 0 fully saturated rings. The van der Waals surface area contributed by atoms with E-state index in [1.54, 1.807) is 0 Å². The van der Waals surface area contributed by atoms with Gasteiger partial charge in [0.1, 0.15) is 5.82 Å². The highest BCUT2D eigenvalue weighted by molar-refractivity contribution is 7.80. The molecule has 0 spiro atoms. The lowest BCUT2D eigenvalue weighted by Gasteiger charge is -2.09. The third kappa shape index (κ3) is 3.05. The van der Waals surface area contributed by atoms with E-state index in [1.165, 1.54) is 0 Å². The van der Waals surface area contributed by atoms with Crippen molar-refractivity contribution in [2.45, 2.75) is 6.18 Å². The molecule has 1 rings (SSSR count). The zero-order chi connectivity index (χ0) is 11.6. The molecule has 0 radical (unpaired) electrons. The number of hydrogen-bond donors (Lipinski definition) is 2. The minimum Gasteiger partial charge on any atom is -0.376 e. The topological polar surface area (TPSA) is 38.0 Å². The first-order valence-electron chi connectivity index (χ1n) is 3.74. The van der Waals surface area contributed by atoms with Gasteiger partial charge in [0.25, 0.3) is 0 Å². The van der Waals surface area contributed by atoms with Gasteiger partial charge in [-0.3, -0.25) is 0 Å². The van der Waals surface area contributed by atoms with E-state index in [4.69, 9.17) is 5.73 Å². The SMILES string of the molecule is NC(=S)Nc1ccc(C(F)(F)F)cc1F. The molecule has 0 bridgehead atoms. The van der Waals surface area contributed by atoms with Crippen molar-refractivity contribution in [2.24, 2.45) is 5.73 Å². The number of nitrogens with two attached hydrogens (primary N) is 1. The van der Waals surface area contributed by atoms with Crippen LogP contribution in [-0.2, 0) is 6.18 Å². The van der Waals surface area contributed by atoms with E-state index in [9.17, 15) is 17.6 Å². The van der Waals surface area contributed by atoms with E-state index in [-0.39, 0.29) is 10.8 Å². The first kappa shape index (κ1) is 11.7. The van der Waals surface area contributed by atoms with Gasteiger partial charge in [-0.25, -0.2) is 4.39 Å². The van der Waals surface area contributed by atoms with Crippen LogP contribution in [0.4, 0.5) is 23.2 Å². The van der Waals surface area contributed by atoms with Crippen molar-refractivity contribution in [1.29, 1.82) is 0 Å². The lowest BCUT2D eigenvalue weighted by molar-refractivity contribution is -0.137. The molecule has 15 heavy (non-hydrogen) atoms. The number of nitrogens with one attached hydrogen (secondary N) is 1. The molecule has 0 saturated carbocycles. The maximum Gasteiger partial charge on any atom is 0.416 e. The van der Waals surface area contributed by atoms with Crippen LogP contribution in [0.1, 0.15) is 5.56 Å². The molecule has 0 atom stereocenters. The van der Waals surface area contributed by atoms with E-state index >= 15 is 0 Å². The third-order valence-electron chi connectivity index (χ3n) is 1.55. The number of benzene rings is 1. The molecule has 0 aliphatic heterocycles. The Morgan fingerprint density at radius 1 is 1.33 bits per heavy atom. The van der Waals surface area contributed by atoms with Crippen molar-refractivity contribution in [3.63, 3.8) is 0 Å². The molecule has 3 N–H and O–H groups in total. The predicted octanol–water partition coefficient (Wildman–Crippen LogP) is 2.50. The molecule has 0 aliphatic rings. The Balaban J connectivity index is 3.03. The Kier molecular flexibility index (Phi) is 3.13. The Morgan fingerprint density at radius 2 is 1.93 bits per heavy atom. The van der Waals surface area contributed by atoms with Gasteiger partial charge >= 0.3 is 6.18 Å². The number of halogens is 4. The molecule has 1 aromatic rings. The summed E-state index contributed by atoms with van der Waals surface area (Å²) in [7, 11) is 0. The van der Waals surface area contributed by atoms with Crippen molar-refractivity contribution in [2.75, 3.05) is 5.32 Å². The highest BCUT2D eigenvalue weighted by atomic mass is 32.1. The minimum atomic E-state index is -4.57. The number of rotatable bonds is 1. The number of anilines is 1. The van der Waals surface area contributed by atoms with Crippen LogP contribution in [0.15, 0.2) is 18.2 Å². The minimum absolute atomic E-state index is 0.185. The highest BCUT2D eigenvalue weighted by Gasteiger charge is 2.31. The fourth-order valence-corrected chi connectivity index (χ4v) is 1.04. The molecule has 0 unspecified atom stereocenters. The number of hydrogen-bond acceptors (Lipinski definition) is 1. The summed E-state index contributed by atoms with van der Waals surface area (Å²) in [5, 5.41) is 2.00. The van der Waals surface area contributed by atoms with Crippen LogP contribution in [0, 0.1) is 5.82 Å². The van der Waals surface area contributed by atoms with E-state index < -0.39 is 17.6 Å². The summed E-state index contributed by atoms with van der Waals surface area (Å²) in [6.45, 7) is 0. The number of alkyl halides is 3. The molecule has 82 valence electrons. The lowest BCUT2D eigenvalue weighted by atomic mass is 10.2. The number of thiocarbonyl (C=S) groups is 1. The van der Waals surface area contributed by atoms with Crippen molar-refractivity contribution < 1.29 is 17.6 Å². The zero-order valence-corrected chi connectivity index (χ0v) is 8.05. The third-order valence-corrected chi connectivity index (χ3v) is 1.66. The fourth-order valence-electron chi connectivity index (χ4n) is 0.926. The molecular formula is C8H6F4N2S. The Labute approximate surface area is 88.1 Å². The molecule has 2 nitrogen and oxygen atoms in total. The summed E-state index contributed by atoms with van der Waals surface area (Å²) in [4.78, 5) is 0. The quantitative estimate of drug-likeness (QED) is 0.583. The highest BCUT2D eigenvalue weighted by Crippen LogP contribution is 2.31. The van der Waals surface area contributed by atoms with Gasteiger partial charge in [0.2, 0.25) is 0 Å². The molecule has 7 heteroatoms. The predicted molar refractivity (Wildman–Crippen MR) is 51.8 cm³/mol. The molecule has 0 amide bonds. The summed E-state index contributed by atoms with van der Waals surface area (Å²) >= 11 is 4.42. The van der Waals surface area contributed by atoms with Gasteiger partial charge in [0, 0.05) is 0 Å². The molecule has 0 aromatic heterocycles. The second kappa shape index (κ2) is 4.01. The van der Waals surface area contributed by atoms with Crippen molar-refractivity contribution >= 4 is 23.0 Å². The van der Waals surface area contributed by atoms with Crippen LogP contribution >= 0.6 is 12.2 Å². The second-order valence-corrected chi connectivity index (χ2v) is 3.12. The van der Waals surface area contributed by atoms with Gasteiger partial charge in [-0.1, -0.05) is 0 Å². The van der Waals surface area contributed by atoms with Gasteiger partial charge < -0.3 is 11.1 Å². The van der Waals surface area contributed by atoms with Crippen LogP contribution < -0.4 is 11.1 Å². The van der Waals surface area contributed by atoms with Crippen LogP contribution in [0.25, 0.3) is 0 Å². The molecule has 0 heterocycles. The Bertz CT molecular complexity index is 389. The molecule has 1 aromatic carbocycles. The van der Waals surface area contributed by atoms with E-state index in [1.807, 2.05) is 0 Å². The Morgan fingerprint density at radius 3 is 2.33 bits per heavy atom. The summed E-state index contributed by atoms with van der Waals surface area (Å²) in [6, 6.07) is 2.04. The summed E-state index contributed by atoms with van der Waals surface area (Å²) < 4.78 is 49.4. The summed E-state index contributed by atoms with van der Waals surface area (Å²) in [5.41, 5.74) is 3.80. The zero-order valence-electron chi connectivity index (χ0n) is 7.23. The fraction of sp³-hybridized carbons (Fsp3) is 0.125. The van der Waals surface area contributed by atoms with Crippen LogP contribution in [0.5, 0.6) is 0 Å². The van der Waals surface area contributed by atoms with Gasteiger partial charge in [0.15, 0.2) is 5.11 Å².